The van der Waals surface area contributed by atoms with Gasteiger partial charge in [0.05, 0.1) is 53.6 Å². The van der Waals surface area contributed by atoms with Gasteiger partial charge in [0.2, 0.25) is 23.6 Å². The van der Waals surface area contributed by atoms with Crippen LogP contribution in [0.4, 0.5) is 0 Å². The predicted molar refractivity (Wildman–Crippen MR) is 258 cm³/mol. The number of methoxy groups -OCH3 is 2. The van der Waals surface area contributed by atoms with Gasteiger partial charge < -0.3 is 24.8 Å². The third kappa shape index (κ3) is 16.6. The van der Waals surface area contributed by atoms with Crippen LogP contribution in [0.2, 0.25) is 0 Å². The molecule has 0 radical (unpaired) electrons. The van der Waals surface area contributed by atoms with Crippen molar-refractivity contribution in [2.24, 2.45) is 23.7 Å². The minimum Gasteiger partial charge on any atom is -0.481 e. The summed E-state index contributed by atoms with van der Waals surface area (Å²) in [5.74, 6) is -3.37. The van der Waals surface area contributed by atoms with E-state index >= 15 is 0 Å². The van der Waals surface area contributed by atoms with Gasteiger partial charge in [0.25, 0.3) is 10.1 Å². The fourth-order valence-electron chi connectivity index (χ4n) is 9.56. The summed E-state index contributed by atoms with van der Waals surface area (Å²) in [4.78, 5) is 72.9. The van der Waals surface area contributed by atoms with Crippen molar-refractivity contribution in [3.05, 3.63) is 71.8 Å². The maximum atomic E-state index is 14.5. The summed E-state index contributed by atoms with van der Waals surface area (Å²) in [6.45, 7) is 14.3. The lowest BCUT2D eigenvalue weighted by Crippen LogP contribution is -2.60. The normalized spacial score (nSPS) is 18.1. The number of carboxylic acid groups (broad SMARTS) is 1. The van der Waals surface area contributed by atoms with Gasteiger partial charge in [-0.1, -0.05) is 110 Å². The summed E-state index contributed by atoms with van der Waals surface area (Å²) < 4.78 is 44.7. The fourth-order valence-corrected chi connectivity index (χ4v) is 10.0. The molecule has 0 aliphatic carbocycles. The van der Waals surface area contributed by atoms with E-state index in [0.717, 1.165) is 12.0 Å². The highest BCUT2D eigenvalue weighted by atomic mass is 32.2. The second kappa shape index (κ2) is 26.9. The standard InChI is InChI=1S/C50H77N5O11S/c1-12-34(6)46(54(9)45(33(4)5)50(61)52-49(60)44(32(2)3)53(8)28-17-21-43(57)58)41(65-10)31-42(56)55-29-16-20-40(55)47(66-11)35(7)48(59)51-38(30-37-18-14-13-15-19-37)25-22-36-23-26-39(27-24-36)67(62,63)64/h13-15,18-19,22-27,32-35,38,40-41,44-47H,12,16-17,20-21,28-31H2,1-11H3,(H,51,59)(H,57,58)(H,52,60,61)(H,62,63,64)/b25-22+/t34-,35+,38+,40-,41+,44-,45-,46-,47+/m0/s1. The SMILES string of the molecule is CC[C@H](C)[C@@H]([C@@H](CC(=O)N1CCC[C@H]1[C@H](OC)[C@@H](C)C(=O)N[C@H](/C=C/c1ccc(S(=O)(=O)O)cc1)Cc1ccccc1)OC)N(C)[C@H](C(=O)NC(=O)[C@H](C(C)C)N(C)CCCC(=O)O)C(C)C. The summed E-state index contributed by atoms with van der Waals surface area (Å²) in [5, 5.41) is 15.0. The largest absolute Gasteiger partial charge is 0.481 e. The number of likely N-dealkylation sites (tertiary alicyclic amines) is 1. The van der Waals surface area contributed by atoms with Gasteiger partial charge in [-0.15, -0.1) is 0 Å². The number of aliphatic carboxylic acids is 1. The van der Waals surface area contributed by atoms with E-state index < -0.39 is 76.2 Å². The zero-order valence-corrected chi connectivity index (χ0v) is 42.2. The van der Waals surface area contributed by atoms with Gasteiger partial charge in [0, 0.05) is 33.2 Å². The second-order valence-electron chi connectivity index (χ2n) is 18.7. The van der Waals surface area contributed by atoms with Crippen LogP contribution in [0.3, 0.4) is 0 Å². The van der Waals surface area contributed by atoms with E-state index in [1.54, 1.807) is 56.2 Å². The molecule has 3 rings (SSSR count). The van der Waals surface area contributed by atoms with E-state index in [-0.39, 0.29) is 47.3 Å². The molecule has 9 atom stereocenters. The molecule has 16 nitrogen and oxygen atoms in total. The van der Waals surface area contributed by atoms with Gasteiger partial charge in [-0.25, -0.2) is 0 Å². The van der Waals surface area contributed by atoms with Crippen molar-refractivity contribution < 1.29 is 51.5 Å². The second-order valence-corrected chi connectivity index (χ2v) is 20.1. The topological polar surface area (TPSA) is 212 Å². The highest BCUT2D eigenvalue weighted by molar-refractivity contribution is 7.85. The molecule has 1 aliphatic heterocycles. The molecule has 374 valence electrons. The highest BCUT2D eigenvalue weighted by Crippen LogP contribution is 2.31. The monoisotopic (exact) mass is 956 g/mol. The Morgan fingerprint density at radius 1 is 0.881 bits per heavy atom. The number of benzene rings is 2. The Bertz CT molecular complexity index is 2050. The Balaban J connectivity index is 1.82. The summed E-state index contributed by atoms with van der Waals surface area (Å²) >= 11 is 0. The third-order valence-electron chi connectivity index (χ3n) is 13.1. The van der Waals surface area contributed by atoms with Crippen LogP contribution in [0.25, 0.3) is 6.08 Å². The number of nitrogens with zero attached hydrogens (tertiary/aromatic N) is 3. The number of likely N-dealkylation sites (N-methyl/N-ethyl adjacent to an activating group) is 2. The Labute approximate surface area is 398 Å². The van der Waals surface area contributed by atoms with E-state index in [1.165, 1.54) is 12.1 Å². The Hall–Kier alpha value is -4.52. The summed E-state index contributed by atoms with van der Waals surface area (Å²) in [6, 6.07) is 12.7. The molecule has 67 heavy (non-hydrogen) atoms. The molecule has 0 aromatic heterocycles. The summed E-state index contributed by atoms with van der Waals surface area (Å²) in [5.41, 5.74) is 1.66. The maximum absolute atomic E-state index is 14.5. The summed E-state index contributed by atoms with van der Waals surface area (Å²) in [7, 11) is 2.34. The molecule has 1 aliphatic rings. The van der Waals surface area contributed by atoms with Gasteiger partial charge in [0.1, 0.15) is 0 Å². The average molecular weight is 956 g/mol. The van der Waals surface area contributed by atoms with E-state index in [4.69, 9.17) is 14.6 Å². The van der Waals surface area contributed by atoms with Gasteiger partial charge in [0.15, 0.2) is 0 Å². The Morgan fingerprint density at radius 2 is 1.49 bits per heavy atom. The number of hydrogen-bond donors (Lipinski definition) is 4. The first-order valence-corrected chi connectivity index (χ1v) is 24.9. The molecule has 2 aromatic carbocycles. The van der Waals surface area contributed by atoms with Crippen LogP contribution in [0.1, 0.15) is 98.1 Å². The lowest BCUT2D eigenvalue weighted by atomic mass is 9.87. The Morgan fingerprint density at radius 3 is 2.03 bits per heavy atom. The molecule has 17 heteroatoms. The third-order valence-corrected chi connectivity index (χ3v) is 14.0. The number of rotatable bonds is 27. The lowest BCUT2D eigenvalue weighted by Gasteiger charge is -2.43. The number of carbonyl (C=O) groups excluding carboxylic acids is 4. The van der Waals surface area contributed by atoms with Gasteiger partial charge >= 0.3 is 5.97 Å². The number of carboxylic acids is 1. The van der Waals surface area contributed by atoms with Crippen LogP contribution in [-0.4, -0.2) is 146 Å². The molecule has 0 unspecified atom stereocenters. The van der Waals surface area contributed by atoms with Crippen molar-refractivity contribution >= 4 is 45.8 Å². The maximum Gasteiger partial charge on any atom is 0.303 e. The molecular weight excluding hydrogens is 879 g/mol. The van der Waals surface area contributed by atoms with Crippen molar-refractivity contribution in [3.63, 3.8) is 0 Å². The molecule has 0 spiro atoms. The molecule has 1 saturated heterocycles. The minimum absolute atomic E-state index is 0.000439. The first-order valence-electron chi connectivity index (χ1n) is 23.5. The van der Waals surface area contributed by atoms with Crippen molar-refractivity contribution in [1.82, 2.24) is 25.3 Å². The van der Waals surface area contributed by atoms with Crippen LogP contribution < -0.4 is 10.6 Å². The van der Waals surface area contributed by atoms with Gasteiger partial charge in [-0.2, -0.15) is 8.42 Å². The number of amides is 4. The van der Waals surface area contributed by atoms with Crippen LogP contribution in [0.5, 0.6) is 0 Å². The zero-order valence-electron chi connectivity index (χ0n) is 41.4. The molecule has 1 fully saturated rings. The van der Waals surface area contributed by atoms with E-state index in [0.29, 0.717) is 44.3 Å². The van der Waals surface area contributed by atoms with E-state index in [2.05, 4.69) is 17.6 Å². The van der Waals surface area contributed by atoms with E-state index in [9.17, 15) is 36.9 Å². The lowest BCUT2D eigenvalue weighted by molar-refractivity contribution is -0.144. The molecule has 4 N–H and O–H groups in total. The molecule has 0 bridgehead atoms. The first-order chi connectivity index (χ1) is 31.5. The minimum atomic E-state index is -4.35. The fraction of sp³-hybridized carbons (Fsp3) is 0.620. The first kappa shape index (κ1) is 56.8. The van der Waals surface area contributed by atoms with Crippen molar-refractivity contribution in [2.75, 3.05) is 41.4 Å². The number of carbonyl (C=O) groups is 5. The predicted octanol–water partition coefficient (Wildman–Crippen LogP) is 5.56. The number of imide groups is 1. The highest BCUT2D eigenvalue weighted by Gasteiger charge is 2.44. The molecule has 4 amide bonds. The zero-order chi connectivity index (χ0) is 50.2. The van der Waals surface area contributed by atoms with Crippen LogP contribution in [-0.2, 0) is 50.0 Å². The van der Waals surface area contributed by atoms with Crippen molar-refractivity contribution in [3.8, 4) is 0 Å². The van der Waals surface area contributed by atoms with Crippen LogP contribution in [0.15, 0.2) is 65.6 Å². The van der Waals surface area contributed by atoms with Crippen LogP contribution in [0, 0.1) is 23.7 Å². The molecule has 1 heterocycles. The van der Waals surface area contributed by atoms with Crippen molar-refractivity contribution in [1.29, 1.82) is 0 Å². The summed E-state index contributed by atoms with van der Waals surface area (Å²) in [6.07, 6.45) is 5.18. The van der Waals surface area contributed by atoms with Crippen LogP contribution >= 0.6 is 0 Å². The Kier molecular flexibility index (Phi) is 22.8. The average Bonchev–Trinajstić information content (AvgIpc) is 3.75. The molecule has 0 saturated carbocycles. The smallest absolute Gasteiger partial charge is 0.303 e. The van der Waals surface area contributed by atoms with Crippen molar-refractivity contribution in [2.45, 2.75) is 141 Å². The van der Waals surface area contributed by atoms with E-state index in [1.807, 2.05) is 83.0 Å². The number of hydrogen-bond acceptors (Lipinski definition) is 11. The number of nitrogens with one attached hydrogen (secondary N) is 2. The molecular formula is C50H77N5O11S. The number of ether oxygens (including phenoxy) is 2. The van der Waals surface area contributed by atoms with Gasteiger partial charge in [-0.05, 0) is 87.3 Å². The molecule has 2 aromatic rings. The quantitative estimate of drug-likeness (QED) is 0.0810. The van der Waals surface area contributed by atoms with Gasteiger partial charge in [-0.3, -0.25) is 43.6 Å².